The van der Waals surface area contributed by atoms with Crippen molar-refractivity contribution in [2.45, 2.75) is 13.8 Å². The average molecular weight is 253 g/mol. The number of hydrogen-bond donors (Lipinski definition) is 2. The summed E-state index contributed by atoms with van der Waals surface area (Å²) < 4.78 is 5.42. The summed E-state index contributed by atoms with van der Waals surface area (Å²) in [4.78, 5) is 10.2. The van der Waals surface area contributed by atoms with Gasteiger partial charge in [0.1, 0.15) is 12.3 Å². The molecule has 0 amide bonds. The lowest BCUT2D eigenvalue weighted by Crippen LogP contribution is -2.28. The third kappa shape index (κ3) is 4.17. The van der Waals surface area contributed by atoms with E-state index in [4.69, 9.17) is 15.7 Å². The van der Waals surface area contributed by atoms with Crippen LogP contribution in [0.3, 0.4) is 0 Å². The van der Waals surface area contributed by atoms with E-state index in [2.05, 4.69) is 33.9 Å². The maximum Gasteiger partial charge on any atom is 0.317 e. The molecule has 0 spiro atoms. The van der Waals surface area contributed by atoms with Gasteiger partial charge >= 0.3 is 6.01 Å². The molecule has 0 fully saturated rings. The fraction of sp³-hybridized carbons (Fsp3) is 0.545. The van der Waals surface area contributed by atoms with E-state index in [9.17, 15) is 0 Å². The molecule has 0 unspecified atom stereocenters. The Morgan fingerprint density at radius 2 is 2.22 bits per heavy atom. The molecule has 0 aliphatic carbocycles. The molecule has 1 aromatic rings. The van der Waals surface area contributed by atoms with Crippen LogP contribution in [-0.4, -0.2) is 52.2 Å². The fourth-order valence-electron chi connectivity index (χ4n) is 1.41. The zero-order valence-electron chi connectivity index (χ0n) is 10.7. The monoisotopic (exact) mass is 253 g/mol. The smallest absolute Gasteiger partial charge is 0.317 e. The second-order valence-corrected chi connectivity index (χ2v) is 3.59. The highest BCUT2D eigenvalue weighted by atomic mass is 16.5. The number of hydrogen-bond acceptors (Lipinski definition) is 6. The molecule has 0 saturated heterocycles. The van der Waals surface area contributed by atoms with Gasteiger partial charge in [0.2, 0.25) is 0 Å². The SMILES string of the molecule is CCN(CC)CCOc1nccc(/C(N)=N/O)n1. The predicted molar refractivity (Wildman–Crippen MR) is 67.8 cm³/mol. The molecular weight excluding hydrogens is 234 g/mol. The summed E-state index contributed by atoms with van der Waals surface area (Å²) in [5, 5.41) is 11.4. The molecule has 0 radical (unpaired) electrons. The van der Waals surface area contributed by atoms with E-state index < -0.39 is 0 Å². The Morgan fingerprint density at radius 3 is 2.83 bits per heavy atom. The Bertz CT molecular complexity index is 393. The molecule has 0 aliphatic rings. The number of nitrogens with two attached hydrogens (primary N) is 1. The number of likely N-dealkylation sites (N-methyl/N-ethyl adjacent to an activating group) is 1. The number of ether oxygens (including phenoxy) is 1. The Morgan fingerprint density at radius 1 is 1.50 bits per heavy atom. The van der Waals surface area contributed by atoms with Gasteiger partial charge in [-0.3, -0.25) is 0 Å². The lowest BCUT2D eigenvalue weighted by molar-refractivity contribution is 0.212. The number of nitrogens with zero attached hydrogens (tertiary/aromatic N) is 4. The lowest BCUT2D eigenvalue weighted by atomic mass is 10.4. The van der Waals surface area contributed by atoms with Gasteiger partial charge in [0.15, 0.2) is 5.84 Å². The van der Waals surface area contributed by atoms with Gasteiger partial charge in [-0.15, -0.1) is 0 Å². The largest absolute Gasteiger partial charge is 0.462 e. The van der Waals surface area contributed by atoms with Crippen LogP contribution < -0.4 is 10.5 Å². The molecule has 7 nitrogen and oxygen atoms in total. The Hall–Kier alpha value is -1.89. The fourth-order valence-corrected chi connectivity index (χ4v) is 1.41. The molecule has 1 heterocycles. The first kappa shape index (κ1) is 14.2. The molecule has 0 bridgehead atoms. The van der Waals surface area contributed by atoms with E-state index >= 15 is 0 Å². The van der Waals surface area contributed by atoms with E-state index in [1.54, 1.807) is 6.07 Å². The number of amidine groups is 1. The molecular formula is C11H19N5O2. The van der Waals surface area contributed by atoms with Crippen LogP contribution in [0.4, 0.5) is 0 Å². The van der Waals surface area contributed by atoms with Crippen LogP contribution in [-0.2, 0) is 0 Å². The molecule has 0 aromatic carbocycles. The summed E-state index contributed by atoms with van der Waals surface area (Å²) in [5.41, 5.74) is 5.77. The van der Waals surface area contributed by atoms with E-state index in [0.717, 1.165) is 19.6 Å². The van der Waals surface area contributed by atoms with Crippen molar-refractivity contribution in [1.29, 1.82) is 0 Å². The first-order valence-electron chi connectivity index (χ1n) is 5.87. The van der Waals surface area contributed by atoms with Gasteiger partial charge < -0.3 is 20.6 Å². The normalized spacial score (nSPS) is 11.8. The van der Waals surface area contributed by atoms with Gasteiger partial charge in [0, 0.05) is 12.7 Å². The second kappa shape index (κ2) is 7.44. The molecule has 0 aliphatic heterocycles. The van der Waals surface area contributed by atoms with Crippen molar-refractivity contribution < 1.29 is 9.94 Å². The molecule has 1 rings (SSSR count). The number of aromatic nitrogens is 2. The van der Waals surface area contributed by atoms with Crippen molar-refractivity contribution in [3.05, 3.63) is 18.0 Å². The van der Waals surface area contributed by atoms with Gasteiger partial charge in [-0.1, -0.05) is 19.0 Å². The topological polar surface area (TPSA) is 96.9 Å². The summed E-state index contributed by atoms with van der Waals surface area (Å²) in [6.07, 6.45) is 1.51. The minimum Gasteiger partial charge on any atom is -0.462 e. The minimum atomic E-state index is -0.0639. The Balaban J connectivity index is 2.52. The van der Waals surface area contributed by atoms with Crippen molar-refractivity contribution in [3.63, 3.8) is 0 Å². The molecule has 0 saturated carbocycles. The zero-order chi connectivity index (χ0) is 13.4. The maximum atomic E-state index is 8.55. The summed E-state index contributed by atoms with van der Waals surface area (Å²) in [6.45, 7) is 7.46. The molecule has 100 valence electrons. The van der Waals surface area contributed by atoms with Crippen LogP contribution >= 0.6 is 0 Å². The van der Waals surface area contributed by atoms with Gasteiger partial charge in [0.25, 0.3) is 0 Å². The summed E-state index contributed by atoms with van der Waals surface area (Å²) in [7, 11) is 0. The minimum absolute atomic E-state index is 0.0639. The van der Waals surface area contributed by atoms with Crippen LogP contribution in [0.15, 0.2) is 17.4 Å². The molecule has 1 aromatic heterocycles. The number of rotatable bonds is 7. The van der Waals surface area contributed by atoms with E-state index in [1.807, 2.05) is 0 Å². The average Bonchev–Trinajstić information content (AvgIpc) is 2.43. The van der Waals surface area contributed by atoms with Crippen molar-refractivity contribution >= 4 is 5.84 Å². The van der Waals surface area contributed by atoms with E-state index in [1.165, 1.54) is 6.20 Å². The summed E-state index contributed by atoms with van der Waals surface area (Å²) in [5.74, 6) is -0.0639. The lowest BCUT2D eigenvalue weighted by Gasteiger charge is -2.17. The summed E-state index contributed by atoms with van der Waals surface area (Å²) in [6, 6.07) is 1.78. The van der Waals surface area contributed by atoms with E-state index in [-0.39, 0.29) is 11.8 Å². The highest BCUT2D eigenvalue weighted by Gasteiger charge is 2.05. The van der Waals surface area contributed by atoms with Crippen LogP contribution in [0, 0.1) is 0 Å². The molecule has 7 heteroatoms. The van der Waals surface area contributed by atoms with Gasteiger partial charge in [0.05, 0.1) is 0 Å². The quantitative estimate of drug-likeness (QED) is 0.314. The Labute approximate surface area is 106 Å². The van der Waals surface area contributed by atoms with Crippen molar-refractivity contribution in [3.8, 4) is 6.01 Å². The van der Waals surface area contributed by atoms with Crippen molar-refractivity contribution in [1.82, 2.24) is 14.9 Å². The van der Waals surface area contributed by atoms with Crippen LogP contribution in [0.25, 0.3) is 0 Å². The predicted octanol–water partition coefficient (Wildman–Crippen LogP) is 0.292. The molecule has 18 heavy (non-hydrogen) atoms. The first-order valence-corrected chi connectivity index (χ1v) is 5.87. The van der Waals surface area contributed by atoms with Crippen LogP contribution in [0.2, 0.25) is 0 Å². The Kier molecular flexibility index (Phi) is 5.86. The van der Waals surface area contributed by atoms with Crippen molar-refractivity contribution in [2.75, 3.05) is 26.2 Å². The van der Waals surface area contributed by atoms with Crippen LogP contribution in [0.5, 0.6) is 6.01 Å². The number of oxime groups is 1. The van der Waals surface area contributed by atoms with Crippen molar-refractivity contribution in [2.24, 2.45) is 10.9 Å². The van der Waals surface area contributed by atoms with Crippen LogP contribution in [0.1, 0.15) is 19.5 Å². The highest BCUT2D eigenvalue weighted by Crippen LogP contribution is 2.03. The highest BCUT2D eigenvalue weighted by molar-refractivity contribution is 5.95. The summed E-state index contributed by atoms with van der Waals surface area (Å²) >= 11 is 0. The maximum absolute atomic E-state index is 8.55. The molecule has 0 atom stereocenters. The van der Waals surface area contributed by atoms with Gasteiger partial charge in [-0.05, 0) is 19.2 Å². The first-order chi connectivity index (χ1) is 8.71. The van der Waals surface area contributed by atoms with E-state index in [0.29, 0.717) is 12.3 Å². The zero-order valence-corrected chi connectivity index (χ0v) is 10.7. The third-order valence-corrected chi connectivity index (χ3v) is 2.54. The standard InChI is InChI=1S/C11H19N5O2/c1-3-16(4-2)7-8-18-11-13-6-5-9(14-11)10(12)15-17/h5-6,17H,3-4,7-8H2,1-2H3,(H2,12,15). The second-order valence-electron chi connectivity index (χ2n) is 3.59. The van der Waals surface area contributed by atoms with Gasteiger partial charge in [-0.25, -0.2) is 4.98 Å². The molecule has 3 N–H and O–H groups in total. The van der Waals surface area contributed by atoms with Gasteiger partial charge in [-0.2, -0.15) is 4.98 Å². The third-order valence-electron chi connectivity index (χ3n) is 2.54.